The predicted molar refractivity (Wildman–Crippen MR) is 94.2 cm³/mol. The summed E-state index contributed by atoms with van der Waals surface area (Å²) in [6, 6.07) is 5.46. The summed E-state index contributed by atoms with van der Waals surface area (Å²) in [5, 5.41) is 14.4. The van der Waals surface area contributed by atoms with Crippen LogP contribution in [0.25, 0.3) is 10.9 Å². The molecule has 141 valence electrons. The third-order valence-corrected chi connectivity index (χ3v) is 4.50. The minimum absolute atomic E-state index is 0.0115. The van der Waals surface area contributed by atoms with Crippen LogP contribution in [0.15, 0.2) is 46.6 Å². The summed E-state index contributed by atoms with van der Waals surface area (Å²) in [7, 11) is 0. The number of hydrogen-bond donors (Lipinski definition) is 3. The lowest BCUT2D eigenvalue weighted by Crippen LogP contribution is -2.44. The van der Waals surface area contributed by atoms with Crippen LogP contribution in [0.2, 0.25) is 0 Å². The number of rotatable bonds is 3. The van der Waals surface area contributed by atoms with Crippen molar-refractivity contribution in [1.29, 1.82) is 5.26 Å². The quantitative estimate of drug-likeness (QED) is 0.741. The van der Waals surface area contributed by atoms with E-state index >= 15 is 0 Å². The summed E-state index contributed by atoms with van der Waals surface area (Å²) in [6.45, 7) is 0.167. The molecule has 2 aliphatic rings. The molecule has 1 saturated heterocycles. The molecule has 0 saturated carbocycles. The van der Waals surface area contributed by atoms with Crippen molar-refractivity contribution in [2.45, 2.75) is 12.5 Å². The number of ether oxygens (including phenoxy) is 1. The second kappa shape index (κ2) is 6.81. The smallest absolute Gasteiger partial charge is 0.252 e. The number of aromatic nitrogens is 1. The van der Waals surface area contributed by atoms with Gasteiger partial charge in [0.1, 0.15) is 18.4 Å². The van der Waals surface area contributed by atoms with Gasteiger partial charge in [-0.05, 0) is 24.3 Å². The lowest BCUT2D eigenvalue weighted by molar-refractivity contribution is -0.121. The summed E-state index contributed by atoms with van der Waals surface area (Å²) < 4.78 is 32.8. The van der Waals surface area contributed by atoms with Gasteiger partial charge in [0.15, 0.2) is 17.7 Å². The zero-order valence-electron chi connectivity index (χ0n) is 14.3. The topological polar surface area (TPSA) is 107 Å². The van der Waals surface area contributed by atoms with Gasteiger partial charge in [0.05, 0.1) is 23.6 Å². The van der Waals surface area contributed by atoms with Crippen molar-refractivity contribution in [3.05, 3.63) is 75.4 Å². The Hall–Kier alpha value is -3.67. The Morgan fingerprint density at radius 2 is 2.21 bits per heavy atom. The average molecular weight is 383 g/mol. The lowest BCUT2D eigenvalue weighted by atomic mass is 10.0. The van der Waals surface area contributed by atoms with Crippen LogP contribution in [0.5, 0.6) is 0 Å². The van der Waals surface area contributed by atoms with Crippen LogP contribution in [-0.4, -0.2) is 23.5 Å². The van der Waals surface area contributed by atoms with Crippen molar-refractivity contribution in [2.24, 2.45) is 0 Å². The molecule has 0 spiro atoms. The number of nitrogens with zero attached hydrogens (tertiary/aromatic N) is 1. The molecule has 4 rings (SSSR count). The minimum atomic E-state index is -1.09. The van der Waals surface area contributed by atoms with Crippen LogP contribution in [0.1, 0.15) is 5.56 Å². The summed E-state index contributed by atoms with van der Waals surface area (Å²) in [6.07, 6.45) is 2.74. The third-order valence-electron chi connectivity index (χ3n) is 4.50. The van der Waals surface area contributed by atoms with E-state index in [0.717, 1.165) is 6.07 Å². The number of amides is 1. The lowest BCUT2D eigenvalue weighted by Gasteiger charge is -2.20. The number of dihydropyridines is 1. The Kier molecular flexibility index (Phi) is 4.31. The zero-order chi connectivity index (χ0) is 19.8. The van der Waals surface area contributed by atoms with Gasteiger partial charge >= 0.3 is 0 Å². The molecule has 1 amide bonds. The molecule has 1 aromatic carbocycles. The Labute approximate surface area is 157 Å². The highest BCUT2D eigenvalue weighted by molar-refractivity contribution is 5.83. The van der Waals surface area contributed by atoms with Gasteiger partial charge in [0, 0.05) is 17.1 Å². The Morgan fingerprint density at radius 1 is 1.39 bits per heavy atom. The van der Waals surface area contributed by atoms with Crippen LogP contribution < -0.4 is 16.2 Å². The summed E-state index contributed by atoms with van der Waals surface area (Å²) in [5.74, 6) is -2.15. The van der Waals surface area contributed by atoms with E-state index in [4.69, 9.17) is 10.00 Å². The fourth-order valence-electron chi connectivity index (χ4n) is 3.12. The number of allylic oxidation sites excluding steroid dienone is 2. The van der Waals surface area contributed by atoms with Gasteiger partial charge in [0.2, 0.25) is 5.91 Å². The molecule has 0 bridgehead atoms. The zero-order valence-corrected chi connectivity index (χ0v) is 14.3. The molecule has 7 nitrogen and oxygen atoms in total. The number of fused-ring (bicyclic) bond motifs is 2. The number of nitriles is 1. The highest BCUT2D eigenvalue weighted by Gasteiger charge is 2.37. The first-order valence-electron chi connectivity index (χ1n) is 8.34. The molecule has 0 unspecified atom stereocenters. The molecule has 1 atom stereocenters. The summed E-state index contributed by atoms with van der Waals surface area (Å²) >= 11 is 0. The second-order valence-electron chi connectivity index (χ2n) is 6.33. The molecular weight excluding hydrogens is 370 g/mol. The van der Waals surface area contributed by atoms with Crippen LogP contribution in [0.3, 0.4) is 0 Å². The first kappa shape index (κ1) is 17.7. The van der Waals surface area contributed by atoms with E-state index in [1.165, 1.54) is 18.3 Å². The van der Waals surface area contributed by atoms with Crippen LogP contribution in [0, 0.1) is 29.0 Å². The number of pyridine rings is 1. The van der Waals surface area contributed by atoms with Crippen LogP contribution in [0.4, 0.5) is 8.78 Å². The fourth-order valence-corrected chi connectivity index (χ4v) is 3.12. The number of carbonyl (C=O) groups excluding carboxylic acids is 1. The normalized spacial score (nSPS) is 18.4. The molecule has 3 heterocycles. The van der Waals surface area contributed by atoms with E-state index < -0.39 is 29.1 Å². The second-order valence-corrected chi connectivity index (χ2v) is 6.33. The number of nitrogens with one attached hydrogen (secondary N) is 3. The van der Waals surface area contributed by atoms with Gasteiger partial charge in [-0.2, -0.15) is 5.26 Å². The van der Waals surface area contributed by atoms with Crippen LogP contribution in [-0.2, 0) is 16.0 Å². The van der Waals surface area contributed by atoms with Gasteiger partial charge < -0.3 is 20.4 Å². The Bertz CT molecular complexity index is 1150. The van der Waals surface area contributed by atoms with E-state index in [0.29, 0.717) is 17.4 Å². The van der Waals surface area contributed by atoms with E-state index in [9.17, 15) is 18.4 Å². The monoisotopic (exact) mass is 383 g/mol. The molecule has 0 aliphatic carbocycles. The maximum atomic E-state index is 14.0. The third kappa shape index (κ3) is 3.09. The fraction of sp³-hybridized carbons (Fsp3) is 0.158. The van der Waals surface area contributed by atoms with Crippen molar-refractivity contribution in [2.75, 3.05) is 6.61 Å². The van der Waals surface area contributed by atoms with E-state index in [-0.39, 0.29) is 29.5 Å². The molecular formula is C19H13F2N4O3. The molecule has 1 radical (unpaired) electrons. The van der Waals surface area contributed by atoms with Crippen molar-refractivity contribution in [3.63, 3.8) is 0 Å². The van der Waals surface area contributed by atoms with Crippen molar-refractivity contribution >= 4 is 16.8 Å². The van der Waals surface area contributed by atoms with Crippen molar-refractivity contribution in [1.82, 2.24) is 15.6 Å². The molecule has 28 heavy (non-hydrogen) atoms. The number of H-pyrrole nitrogens is 1. The molecule has 1 fully saturated rings. The van der Waals surface area contributed by atoms with Gasteiger partial charge in [-0.25, -0.2) is 8.78 Å². The number of aromatic amines is 1. The number of carbonyl (C=O) groups is 1. The summed E-state index contributed by atoms with van der Waals surface area (Å²) in [5.41, 5.74) is -0.00356. The van der Waals surface area contributed by atoms with Gasteiger partial charge in [-0.1, -0.05) is 0 Å². The molecule has 2 aromatic rings. The van der Waals surface area contributed by atoms with E-state index in [2.05, 4.69) is 15.6 Å². The standard InChI is InChI=1S/C19H13F2N4O3/c20-12-1-2-13-11(17(12)21)4-10(19(27)25-13)5-16(26)24-14-8-28-15-3-9(6-22)7-23-18(14)15/h1-4,7,14,23H,5,8H2,(H,24,26)(H,25,27)/t14-/m0/s1. The number of benzene rings is 1. The molecule has 2 aliphatic heterocycles. The Morgan fingerprint density at radius 3 is 3.00 bits per heavy atom. The summed E-state index contributed by atoms with van der Waals surface area (Å²) in [4.78, 5) is 27.0. The van der Waals surface area contributed by atoms with Gasteiger partial charge in [-0.3, -0.25) is 9.59 Å². The van der Waals surface area contributed by atoms with Crippen molar-refractivity contribution < 1.29 is 18.3 Å². The van der Waals surface area contributed by atoms with Gasteiger partial charge in [-0.15, -0.1) is 0 Å². The predicted octanol–water partition coefficient (Wildman–Crippen LogP) is 1.29. The number of hydrogen-bond acceptors (Lipinski definition) is 5. The highest BCUT2D eigenvalue weighted by Crippen LogP contribution is 2.29. The first-order valence-corrected chi connectivity index (χ1v) is 8.34. The van der Waals surface area contributed by atoms with Crippen LogP contribution >= 0.6 is 0 Å². The SMILES string of the molecule is N#CC1=CN[C]2C(=C1)OC[C@@H]2NC(=O)Cc1cc2c(F)c(F)ccc2[nH]c1=O. The maximum Gasteiger partial charge on any atom is 0.252 e. The van der Waals surface area contributed by atoms with Gasteiger partial charge in [0.25, 0.3) is 5.56 Å². The maximum absolute atomic E-state index is 14.0. The first-order chi connectivity index (χ1) is 13.5. The van der Waals surface area contributed by atoms with Crippen molar-refractivity contribution in [3.8, 4) is 6.07 Å². The number of halogens is 2. The molecule has 3 N–H and O–H groups in total. The highest BCUT2D eigenvalue weighted by atomic mass is 19.2. The minimum Gasteiger partial charge on any atom is -0.493 e. The molecule has 1 aromatic heterocycles. The van der Waals surface area contributed by atoms with E-state index in [1.54, 1.807) is 6.08 Å². The Balaban J connectivity index is 1.51. The van der Waals surface area contributed by atoms with E-state index in [1.807, 2.05) is 6.07 Å². The average Bonchev–Trinajstić information content (AvgIpc) is 3.08. The molecule has 9 heteroatoms. The largest absolute Gasteiger partial charge is 0.493 e.